The normalized spacial score (nSPS) is 11.1. The van der Waals surface area contributed by atoms with Crippen LogP contribution in [-0.2, 0) is 0 Å². The van der Waals surface area contributed by atoms with E-state index in [4.69, 9.17) is 0 Å². The Morgan fingerprint density at radius 2 is 2.25 bits per heavy atom. The van der Waals surface area contributed by atoms with Crippen molar-refractivity contribution < 1.29 is 0 Å². The van der Waals surface area contributed by atoms with Gasteiger partial charge in [0.15, 0.2) is 0 Å². The molecule has 0 atom stereocenters. The van der Waals surface area contributed by atoms with Gasteiger partial charge in [-0.05, 0) is 13.8 Å². The molecular weight excluding hydrogens is 100 g/mol. The van der Waals surface area contributed by atoms with Gasteiger partial charge in [0.2, 0.25) is 0 Å². The molecule has 0 aliphatic heterocycles. The summed E-state index contributed by atoms with van der Waals surface area (Å²) in [6.07, 6.45) is 1.98. The minimum Gasteiger partial charge on any atom is -0.274 e. The van der Waals surface area contributed by atoms with Gasteiger partial charge in [-0.2, -0.15) is 5.10 Å². The van der Waals surface area contributed by atoms with Crippen molar-refractivity contribution >= 4 is 6.72 Å². The van der Waals surface area contributed by atoms with Crippen molar-refractivity contribution in [1.29, 1.82) is 0 Å². The summed E-state index contributed by atoms with van der Waals surface area (Å²) in [6.45, 7) is 7.31. The van der Waals surface area contributed by atoms with Crippen LogP contribution in [0.15, 0.2) is 16.9 Å². The summed E-state index contributed by atoms with van der Waals surface area (Å²) in [7, 11) is 1.86. The highest BCUT2D eigenvalue weighted by Crippen LogP contribution is 1.96. The summed E-state index contributed by atoms with van der Waals surface area (Å²) < 4.78 is 0. The van der Waals surface area contributed by atoms with Crippen molar-refractivity contribution in [1.82, 2.24) is 5.01 Å². The zero-order valence-corrected chi connectivity index (χ0v) is 5.68. The Hall–Kier alpha value is -0.790. The molecule has 0 rings (SSSR count). The Labute approximate surface area is 50.5 Å². The zero-order valence-electron chi connectivity index (χ0n) is 5.68. The molecule has 0 heterocycles. The van der Waals surface area contributed by atoms with E-state index >= 15 is 0 Å². The van der Waals surface area contributed by atoms with Crippen LogP contribution in [0.1, 0.15) is 13.8 Å². The molecule has 0 aliphatic carbocycles. The van der Waals surface area contributed by atoms with E-state index in [2.05, 4.69) is 11.8 Å². The smallest absolute Gasteiger partial charge is 0.0299 e. The molecule has 0 amide bonds. The highest BCUT2D eigenvalue weighted by Gasteiger charge is 1.87. The molecule has 0 aromatic carbocycles. The first-order valence-electron chi connectivity index (χ1n) is 2.55. The first kappa shape index (κ1) is 7.21. The fourth-order valence-electron chi connectivity index (χ4n) is 0.298. The van der Waals surface area contributed by atoms with Crippen LogP contribution >= 0.6 is 0 Å². The average Bonchev–Trinajstić information content (AvgIpc) is 1.84. The maximum Gasteiger partial charge on any atom is 0.0299 e. The van der Waals surface area contributed by atoms with Gasteiger partial charge in [-0.15, -0.1) is 0 Å². The van der Waals surface area contributed by atoms with Gasteiger partial charge >= 0.3 is 0 Å². The van der Waals surface area contributed by atoms with Crippen LogP contribution < -0.4 is 0 Å². The standard InChI is InChI=1S/C6H12N2/c1-5-6(2)8(4)7-3/h5H,3H2,1-2,4H3/b6-5+. The molecular formula is C6H12N2. The second kappa shape index (κ2) is 3.24. The molecule has 0 saturated heterocycles. The third kappa shape index (κ3) is 1.78. The van der Waals surface area contributed by atoms with E-state index < -0.39 is 0 Å². The van der Waals surface area contributed by atoms with E-state index in [-0.39, 0.29) is 0 Å². The van der Waals surface area contributed by atoms with E-state index in [1.807, 2.05) is 27.0 Å². The highest BCUT2D eigenvalue weighted by atomic mass is 15.4. The lowest BCUT2D eigenvalue weighted by Gasteiger charge is -2.10. The number of nitrogens with zero attached hydrogens (tertiary/aromatic N) is 2. The molecule has 0 spiro atoms. The second-order valence-corrected chi connectivity index (χ2v) is 1.60. The van der Waals surface area contributed by atoms with Crippen LogP contribution in [-0.4, -0.2) is 18.8 Å². The van der Waals surface area contributed by atoms with E-state index in [1.54, 1.807) is 5.01 Å². The monoisotopic (exact) mass is 112 g/mol. The molecule has 0 radical (unpaired) electrons. The fraction of sp³-hybridized carbons (Fsp3) is 0.500. The second-order valence-electron chi connectivity index (χ2n) is 1.60. The molecule has 0 unspecified atom stereocenters. The lowest BCUT2D eigenvalue weighted by atomic mass is 10.4. The van der Waals surface area contributed by atoms with E-state index in [0.717, 1.165) is 5.70 Å². The summed E-state index contributed by atoms with van der Waals surface area (Å²) in [5, 5.41) is 5.40. The molecule has 2 nitrogen and oxygen atoms in total. The number of hydrogen-bond donors (Lipinski definition) is 0. The average molecular weight is 112 g/mol. The topological polar surface area (TPSA) is 15.6 Å². The van der Waals surface area contributed by atoms with Gasteiger partial charge in [0.05, 0.1) is 0 Å². The predicted octanol–water partition coefficient (Wildman–Crippen LogP) is 1.46. The first-order chi connectivity index (χ1) is 3.72. The zero-order chi connectivity index (χ0) is 6.57. The lowest BCUT2D eigenvalue weighted by molar-refractivity contribution is 0.451. The minimum atomic E-state index is 1.11. The van der Waals surface area contributed by atoms with Crippen molar-refractivity contribution in [2.75, 3.05) is 7.05 Å². The molecule has 0 N–H and O–H groups in total. The van der Waals surface area contributed by atoms with Crippen LogP contribution in [0.4, 0.5) is 0 Å². The van der Waals surface area contributed by atoms with E-state index in [0.29, 0.717) is 0 Å². The molecule has 0 aliphatic rings. The van der Waals surface area contributed by atoms with Crippen LogP contribution in [0.25, 0.3) is 0 Å². The van der Waals surface area contributed by atoms with Crippen LogP contribution in [0.2, 0.25) is 0 Å². The lowest BCUT2D eigenvalue weighted by Crippen LogP contribution is -2.05. The number of hydrazone groups is 1. The van der Waals surface area contributed by atoms with Crippen molar-refractivity contribution in [3.8, 4) is 0 Å². The number of hydrogen-bond acceptors (Lipinski definition) is 2. The molecule has 8 heavy (non-hydrogen) atoms. The van der Waals surface area contributed by atoms with Gasteiger partial charge in [0.25, 0.3) is 0 Å². The largest absolute Gasteiger partial charge is 0.274 e. The van der Waals surface area contributed by atoms with Gasteiger partial charge < -0.3 is 0 Å². The molecule has 2 heteroatoms. The SMILES string of the molecule is C=NN(C)/C(C)=C/C. The maximum atomic E-state index is 3.67. The number of allylic oxidation sites excluding steroid dienone is 2. The van der Waals surface area contributed by atoms with Crippen LogP contribution in [0.5, 0.6) is 0 Å². The van der Waals surface area contributed by atoms with E-state index in [9.17, 15) is 0 Å². The van der Waals surface area contributed by atoms with Gasteiger partial charge in [0.1, 0.15) is 0 Å². The van der Waals surface area contributed by atoms with Crippen molar-refractivity contribution in [2.24, 2.45) is 5.10 Å². The number of rotatable bonds is 2. The molecule has 0 fully saturated rings. The summed E-state index contributed by atoms with van der Waals surface area (Å²) in [5.74, 6) is 0. The Bertz CT molecular complexity index is 105. The summed E-state index contributed by atoms with van der Waals surface area (Å²) in [4.78, 5) is 0. The first-order valence-corrected chi connectivity index (χ1v) is 2.55. The van der Waals surface area contributed by atoms with Crippen molar-refractivity contribution in [3.05, 3.63) is 11.8 Å². The fourth-order valence-corrected chi connectivity index (χ4v) is 0.298. The minimum absolute atomic E-state index is 1.11. The molecule has 0 aromatic heterocycles. The van der Waals surface area contributed by atoms with Crippen molar-refractivity contribution in [2.45, 2.75) is 13.8 Å². The van der Waals surface area contributed by atoms with Gasteiger partial charge in [-0.1, -0.05) is 6.08 Å². The molecule has 46 valence electrons. The summed E-state index contributed by atoms with van der Waals surface area (Å²) in [6, 6.07) is 0. The van der Waals surface area contributed by atoms with Gasteiger partial charge in [-0.3, -0.25) is 5.01 Å². The Balaban J connectivity index is 3.81. The quantitative estimate of drug-likeness (QED) is 0.390. The molecule has 0 aromatic rings. The molecule has 0 bridgehead atoms. The summed E-state index contributed by atoms with van der Waals surface area (Å²) in [5.41, 5.74) is 1.11. The Kier molecular flexibility index (Phi) is 2.92. The Morgan fingerprint density at radius 1 is 1.75 bits per heavy atom. The highest BCUT2D eigenvalue weighted by molar-refractivity contribution is 5.23. The van der Waals surface area contributed by atoms with Crippen LogP contribution in [0, 0.1) is 0 Å². The molecule has 0 saturated carbocycles. The van der Waals surface area contributed by atoms with Crippen LogP contribution in [0.3, 0.4) is 0 Å². The third-order valence-electron chi connectivity index (χ3n) is 1.14. The maximum absolute atomic E-state index is 3.67. The Morgan fingerprint density at radius 3 is 2.38 bits per heavy atom. The van der Waals surface area contributed by atoms with Crippen molar-refractivity contribution in [3.63, 3.8) is 0 Å². The van der Waals surface area contributed by atoms with Gasteiger partial charge in [0, 0.05) is 19.5 Å². The third-order valence-corrected chi connectivity index (χ3v) is 1.14. The van der Waals surface area contributed by atoms with E-state index in [1.165, 1.54) is 0 Å². The van der Waals surface area contributed by atoms with Gasteiger partial charge in [-0.25, -0.2) is 0 Å². The summed E-state index contributed by atoms with van der Waals surface area (Å²) >= 11 is 0. The predicted molar refractivity (Wildman–Crippen MR) is 36.7 cm³/mol.